The van der Waals surface area contributed by atoms with Gasteiger partial charge in [-0.15, -0.1) is 0 Å². The highest BCUT2D eigenvalue weighted by atomic mass is 35.5. The van der Waals surface area contributed by atoms with E-state index in [2.05, 4.69) is 4.98 Å². The molecule has 0 aliphatic carbocycles. The Morgan fingerprint density at radius 3 is 2.46 bits per heavy atom. The SMILES string of the molecule is Nc1cnc(-c2ccc(Cl)cc2)o1. The first kappa shape index (κ1) is 8.13. The molecule has 3 nitrogen and oxygen atoms in total. The van der Waals surface area contributed by atoms with E-state index in [4.69, 9.17) is 21.8 Å². The average Bonchev–Trinajstić information content (AvgIpc) is 2.53. The second kappa shape index (κ2) is 3.11. The predicted molar refractivity (Wildman–Crippen MR) is 51.4 cm³/mol. The minimum atomic E-state index is 0.310. The normalized spacial score (nSPS) is 10.2. The molecule has 4 heteroatoms. The number of halogens is 1. The van der Waals surface area contributed by atoms with E-state index >= 15 is 0 Å². The van der Waals surface area contributed by atoms with E-state index in [1.54, 1.807) is 12.1 Å². The topological polar surface area (TPSA) is 52.0 Å². The molecule has 1 aromatic heterocycles. The number of hydrogen-bond acceptors (Lipinski definition) is 3. The summed E-state index contributed by atoms with van der Waals surface area (Å²) < 4.78 is 5.13. The fraction of sp³-hybridized carbons (Fsp3) is 0. The summed E-state index contributed by atoms with van der Waals surface area (Å²) in [4.78, 5) is 3.98. The van der Waals surface area contributed by atoms with E-state index in [-0.39, 0.29) is 0 Å². The monoisotopic (exact) mass is 194 g/mol. The molecule has 0 aliphatic rings. The van der Waals surface area contributed by atoms with Crippen LogP contribution in [0.4, 0.5) is 5.88 Å². The predicted octanol–water partition coefficient (Wildman–Crippen LogP) is 2.58. The summed E-state index contributed by atoms with van der Waals surface area (Å²) in [6.07, 6.45) is 1.48. The van der Waals surface area contributed by atoms with Gasteiger partial charge in [0.05, 0.1) is 6.20 Å². The Balaban J connectivity index is 2.41. The van der Waals surface area contributed by atoms with Gasteiger partial charge in [-0.2, -0.15) is 0 Å². The van der Waals surface area contributed by atoms with Crippen molar-refractivity contribution >= 4 is 17.5 Å². The summed E-state index contributed by atoms with van der Waals surface area (Å²) in [5.41, 5.74) is 6.25. The second-order valence-corrected chi connectivity index (χ2v) is 3.01. The fourth-order valence-corrected chi connectivity index (χ4v) is 1.14. The van der Waals surface area contributed by atoms with Crippen LogP contribution >= 0.6 is 11.6 Å². The molecule has 0 amide bonds. The van der Waals surface area contributed by atoms with E-state index < -0.39 is 0 Å². The number of aromatic nitrogens is 1. The number of nitrogens with zero attached hydrogens (tertiary/aromatic N) is 1. The van der Waals surface area contributed by atoms with Gasteiger partial charge in [0.15, 0.2) is 0 Å². The summed E-state index contributed by atoms with van der Waals surface area (Å²) in [6, 6.07) is 7.20. The number of anilines is 1. The van der Waals surface area contributed by atoms with E-state index in [0.29, 0.717) is 16.8 Å². The van der Waals surface area contributed by atoms with Gasteiger partial charge in [-0.25, -0.2) is 4.98 Å². The van der Waals surface area contributed by atoms with Crippen LogP contribution in [0.3, 0.4) is 0 Å². The van der Waals surface area contributed by atoms with Gasteiger partial charge in [-0.05, 0) is 24.3 Å². The van der Waals surface area contributed by atoms with Gasteiger partial charge in [0.2, 0.25) is 11.8 Å². The van der Waals surface area contributed by atoms with Crippen LogP contribution in [-0.4, -0.2) is 4.98 Å². The first-order chi connectivity index (χ1) is 6.25. The van der Waals surface area contributed by atoms with Crippen LogP contribution in [0.1, 0.15) is 0 Å². The molecule has 66 valence electrons. The molecule has 0 saturated carbocycles. The van der Waals surface area contributed by atoms with Crippen molar-refractivity contribution in [2.75, 3.05) is 5.73 Å². The average molecular weight is 195 g/mol. The van der Waals surface area contributed by atoms with Gasteiger partial charge in [0, 0.05) is 10.6 Å². The van der Waals surface area contributed by atoms with Crippen molar-refractivity contribution in [3.63, 3.8) is 0 Å². The number of rotatable bonds is 1. The molecule has 0 fully saturated rings. The summed E-state index contributed by atoms with van der Waals surface area (Å²) >= 11 is 5.73. The lowest BCUT2D eigenvalue weighted by molar-refractivity contribution is 0.594. The van der Waals surface area contributed by atoms with Crippen molar-refractivity contribution in [2.24, 2.45) is 0 Å². The van der Waals surface area contributed by atoms with Crippen LogP contribution in [-0.2, 0) is 0 Å². The zero-order valence-electron chi connectivity index (χ0n) is 6.70. The third-order valence-corrected chi connectivity index (χ3v) is 1.87. The lowest BCUT2D eigenvalue weighted by Gasteiger charge is -1.94. The zero-order valence-corrected chi connectivity index (χ0v) is 7.45. The minimum absolute atomic E-state index is 0.310. The van der Waals surface area contributed by atoms with Crippen LogP contribution in [0.25, 0.3) is 11.5 Å². The number of hydrogen-bond donors (Lipinski definition) is 1. The standard InChI is InChI=1S/C9H7ClN2O/c10-7-3-1-6(2-4-7)9-12-5-8(11)13-9/h1-5H,11H2. The Labute approximate surface area is 80.1 Å². The van der Waals surface area contributed by atoms with E-state index in [1.807, 2.05) is 12.1 Å². The molecule has 0 aliphatic heterocycles. The Bertz CT molecular complexity index is 408. The molecule has 13 heavy (non-hydrogen) atoms. The van der Waals surface area contributed by atoms with Gasteiger partial charge < -0.3 is 10.2 Å². The molecular weight excluding hydrogens is 188 g/mol. The van der Waals surface area contributed by atoms with Gasteiger partial charge >= 0.3 is 0 Å². The fourth-order valence-electron chi connectivity index (χ4n) is 1.01. The number of oxazole rings is 1. The zero-order chi connectivity index (χ0) is 9.26. The van der Waals surface area contributed by atoms with Gasteiger partial charge in [-0.1, -0.05) is 11.6 Å². The maximum Gasteiger partial charge on any atom is 0.228 e. The molecule has 0 unspecified atom stereocenters. The quantitative estimate of drug-likeness (QED) is 0.759. The molecule has 0 atom stereocenters. The lowest BCUT2D eigenvalue weighted by Crippen LogP contribution is -1.77. The maximum absolute atomic E-state index is 5.73. The summed E-state index contributed by atoms with van der Waals surface area (Å²) in [7, 11) is 0. The Kier molecular flexibility index (Phi) is 1.94. The van der Waals surface area contributed by atoms with Crippen molar-refractivity contribution in [3.05, 3.63) is 35.5 Å². The molecule has 1 heterocycles. The van der Waals surface area contributed by atoms with Crippen molar-refractivity contribution in [1.29, 1.82) is 0 Å². The van der Waals surface area contributed by atoms with Crippen molar-refractivity contribution < 1.29 is 4.42 Å². The molecule has 1 aromatic carbocycles. The van der Waals surface area contributed by atoms with Crippen LogP contribution in [0.15, 0.2) is 34.9 Å². The number of nitrogen functional groups attached to an aromatic ring is 1. The molecule has 2 rings (SSSR count). The highest BCUT2D eigenvalue weighted by Gasteiger charge is 2.03. The first-order valence-electron chi connectivity index (χ1n) is 3.73. The maximum atomic E-state index is 5.73. The van der Waals surface area contributed by atoms with Gasteiger partial charge in [0.1, 0.15) is 0 Å². The van der Waals surface area contributed by atoms with Crippen LogP contribution < -0.4 is 5.73 Å². The van der Waals surface area contributed by atoms with Crippen molar-refractivity contribution in [1.82, 2.24) is 4.98 Å². The van der Waals surface area contributed by atoms with Crippen molar-refractivity contribution in [2.45, 2.75) is 0 Å². The first-order valence-corrected chi connectivity index (χ1v) is 4.11. The number of benzene rings is 1. The van der Waals surface area contributed by atoms with Crippen LogP contribution in [0.5, 0.6) is 0 Å². The largest absolute Gasteiger partial charge is 0.421 e. The molecular formula is C9H7ClN2O. The highest BCUT2D eigenvalue weighted by molar-refractivity contribution is 6.30. The van der Waals surface area contributed by atoms with Gasteiger partial charge in [0.25, 0.3) is 0 Å². The van der Waals surface area contributed by atoms with E-state index in [9.17, 15) is 0 Å². The number of nitrogens with two attached hydrogens (primary N) is 1. The van der Waals surface area contributed by atoms with E-state index in [0.717, 1.165) is 5.56 Å². The second-order valence-electron chi connectivity index (χ2n) is 2.57. The molecule has 2 aromatic rings. The summed E-state index contributed by atoms with van der Waals surface area (Å²) in [6.45, 7) is 0. The molecule has 0 radical (unpaired) electrons. The Morgan fingerprint density at radius 2 is 1.92 bits per heavy atom. The molecule has 0 bridgehead atoms. The Hall–Kier alpha value is -1.48. The summed E-state index contributed by atoms with van der Waals surface area (Å²) in [5.74, 6) is 0.819. The third kappa shape index (κ3) is 1.65. The summed E-state index contributed by atoms with van der Waals surface area (Å²) in [5, 5.41) is 0.684. The third-order valence-electron chi connectivity index (χ3n) is 1.61. The molecule has 0 spiro atoms. The smallest absolute Gasteiger partial charge is 0.228 e. The van der Waals surface area contributed by atoms with Crippen molar-refractivity contribution in [3.8, 4) is 11.5 Å². The lowest BCUT2D eigenvalue weighted by atomic mass is 10.2. The highest BCUT2D eigenvalue weighted by Crippen LogP contribution is 2.21. The van der Waals surface area contributed by atoms with E-state index in [1.165, 1.54) is 6.20 Å². The molecule has 0 saturated heterocycles. The minimum Gasteiger partial charge on any atom is -0.421 e. The Morgan fingerprint density at radius 1 is 1.23 bits per heavy atom. The van der Waals surface area contributed by atoms with Gasteiger partial charge in [-0.3, -0.25) is 0 Å². The van der Waals surface area contributed by atoms with Crippen LogP contribution in [0, 0.1) is 0 Å². The molecule has 2 N–H and O–H groups in total. The van der Waals surface area contributed by atoms with Crippen LogP contribution in [0.2, 0.25) is 5.02 Å².